The molecule has 0 aliphatic carbocycles. The van der Waals surface area contributed by atoms with Crippen molar-refractivity contribution in [1.82, 2.24) is 0 Å². The Labute approximate surface area is 257 Å². The van der Waals surface area contributed by atoms with Crippen LogP contribution in [0.4, 0.5) is 74.6 Å². The molecule has 0 amide bonds. The number of rotatable bonds is 18. The number of aliphatic hydroxyl groups is 1. The second-order valence-corrected chi connectivity index (χ2v) is 28.9. The molecule has 25 heteroatoms. The summed E-state index contributed by atoms with van der Waals surface area (Å²) < 4.78 is 250. The third-order valence-electron chi connectivity index (χ3n) is 6.12. The minimum atomic E-state index is -8.68. The van der Waals surface area contributed by atoms with Gasteiger partial charge in [0.25, 0.3) is 0 Å². The molecular weight excluding hydrogens is 752 g/mol. The van der Waals surface area contributed by atoms with E-state index >= 15 is 0 Å². The topological polar surface area (TPSA) is 47.9 Å². The smallest absolute Gasteiger partial charge is 0.437 e. The molecule has 46 heavy (non-hydrogen) atoms. The molecule has 0 heterocycles. The number of alkyl halides is 17. The fourth-order valence-corrected chi connectivity index (χ4v) is 23.1. The van der Waals surface area contributed by atoms with Crippen LogP contribution >= 0.6 is 0 Å². The van der Waals surface area contributed by atoms with Gasteiger partial charge in [0, 0.05) is 13.0 Å². The lowest BCUT2D eigenvalue weighted by atomic mass is 9.88. The fourth-order valence-electron chi connectivity index (χ4n) is 4.28. The molecule has 0 radical (unpaired) electrons. The van der Waals surface area contributed by atoms with Crippen LogP contribution < -0.4 is 0 Å². The van der Waals surface area contributed by atoms with E-state index < -0.39 is 93.9 Å². The third-order valence-corrected chi connectivity index (χ3v) is 20.9. The molecule has 0 saturated carbocycles. The van der Waals surface area contributed by atoms with Gasteiger partial charge in [-0.1, -0.05) is 0 Å². The highest BCUT2D eigenvalue weighted by atomic mass is 28.5. The molecule has 1 unspecified atom stereocenters. The first kappa shape index (κ1) is 45.5. The van der Waals surface area contributed by atoms with Crippen LogP contribution in [0.3, 0.4) is 0 Å². The van der Waals surface area contributed by atoms with Crippen molar-refractivity contribution >= 4 is 33.8 Å². The molecule has 0 bridgehead atoms. The van der Waals surface area contributed by atoms with Crippen molar-refractivity contribution < 1.29 is 92.1 Å². The van der Waals surface area contributed by atoms with E-state index in [-0.39, 0.29) is 19.1 Å². The van der Waals surface area contributed by atoms with Crippen molar-refractivity contribution in [2.45, 2.75) is 125 Å². The summed E-state index contributed by atoms with van der Waals surface area (Å²) in [5, 5.41) is 9.10. The molecule has 0 rings (SSSR count). The summed E-state index contributed by atoms with van der Waals surface area (Å²) in [6, 6.07) is -1.38. The van der Waals surface area contributed by atoms with Crippen LogP contribution in [-0.4, -0.2) is 93.1 Å². The Morgan fingerprint density at radius 2 is 0.848 bits per heavy atom. The van der Waals surface area contributed by atoms with E-state index in [9.17, 15) is 74.6 Å². The van der Waals surface area contributed by atoms with E-state index in [4.69, 9.17) is 17.5 Å². The van der Waals surface area contributed by atoms with Crippen molar-refractivity contribution in [3.8, 4) is 0 Å². The van der Waals surface area contributed by atoms with Crippen molar-refractivity contribution in [2.24, 2.45) is 0 Å². The quantitative estimate of drug-likeness (QED) is 0.111. The van der Waals surface area contributed by atoms with Crippen molar-refractivity contribution in [3.63, 3.8) is 0 Å². The first-order valence-electron chi connectivity index (χ1n) is 13.1. The van der Waals surface area contributed by atoms with Gasteiger partial charge in [0.2, 0.25) is 0 Å². The normalized spacial score (nSPS) is 17.3. The summed E-state index contributed by atoms with van der Waals surface area (Å²) in [6.45, 7) is 11.2. The molecule has 1 N–H and O–H groups in total. The van der Waals surface area contributed by atoms with E-state index in [0.29, 0.717) is 0 Å². The molecule has 0 aromatic heterocycles. The summed E-state index contributed by atoms with van der Waals surface area (Å²) in [5.74, 6) is -56.7. The average Bonchev–Trinajstić information content (AvgIpc) is 2.77. The lowest BCUT2D eigenvalue weighted by molar-refractivity contribution is -0.461. The van der Waals surface area contributed by atoms with Gasteiger partial charge >= 0.3 is 64.8 Å². The van der Waals surface area contributed by atoms with Gasteiger partial charge in [-0.2, -0.15) is 74.6 Å². The molecule has 1 atom stereocenters. The average molecular weight is 787 g/mol. The first-order valence-corrected chi connectivity index (χ1v) is 24.9. The summed E-state index contributed by atoms with van der Waals surface area (Å²) in [5.41, 5.74) is 0. The van der Waals surface area contributed by atoms with Gasteiger partial charge in [0.1, 0.15) is 0 Å². The molecule has 0 saturated heterocycles. The Kier molecular flexibility index (Phi) is 13.2. The number of halogens is 17. The van der Waals surface area contributed by atoms with Crippen LogP contribution in [0.15, 0.2) is 0 Å². The monoisotopic (exact) mass is 786 g/mol. The summed E-state index contributed by atoms with van der Waals surface area (Å²) in [6.07, 6.45) is -10.4. The molecular formula is C21H35F17O4Si4. The van der Waals surface area contributed by atoms with E-state index in [1.54, 1.807) is 19.6 Å². The molecule has 0 aliphatic rings. The Hall–Kier alpha value is -0.482. The molecule has 0 spiro atoms. The van der Waals surface area contributed by atoms with Crippen molar-refractivity contribution in [1.29, 1.82) is 0 Å². The third kappa shape index (κ3) is 9.19. The van der Waals surface area contributed by atoms with Crippen LogP contribution in [0, 0.1) is 0 Å². The largest absolute Gasteiger partial charge is 0.460 e. The molecule has 0 aliphatic heterocycles. The summed E-state index contributed by atoms with van der Waals surface area (Å²) in [7, 11) is -13.4. The van der Waals surface area contributed by atoms with Gasteiger partial charge in [-0.25, -0.2) is 0 Å². The second-order valence-electron chi connectivity index (χ2n) is 12.7. The van der Waals surface area contributed by atoms with E-state index in [1.165, 1.54) is 26.2 Å². The van der Waals surface area contributed by atoms with Crippen molar-refractivity contribution in [3.05, 3.63) is 0 Å². The zero-order valence-corrected chi connectivity index (χ0v) is 29.6. The Balaban J connectivity index is 6.81. The highest BCUT2D eigenvalue weighted by molar-refractivity contribution is 6.89. The van der Waals surface area contributed by atoms with Gasteiger partial charge in [-0.05, 0) is 70.9 Å². The highest BCUT2D eigenvalue weighted by Gasteiger charge is 2.95. The van der Waals surface area contributed by atoms with Gasteiger partial charge < -0.3 is 17.5 Å². The molecule has 278 valence electrons. The Morgan fingerprint density at radius 3 is 1.20 bits per heavy atom. The highest BCUT2D eigenvalue weighted by Crippen LogP contribution is 2.64. The predicted octanol–water partition coefficient (Wildman–Crippen LogP) is 9.63. The van der Waals surface area contributed by atoms with E-state index in [1.807, 2.05) is 0 Å². The molecule has 4 nitrogen and oxygen atoms in total. The number of aliphatic hydroxyl groups excluding tert-OH is 1. The molecule has 0 fully saturated rings. The van der Waals surface area contributed by atoms with Crippen molar-refractivity contribution in [2.75, 3.05) is 6.61 Å². The minimum absolute atomic E-state index is 0.0810. The van der Waals surface area contributed by atoms with Crippen LogP contribution in [0.1, 0.15) is 12.8 Å². The minimum Gasteiger partial charge on any atom is -0.437 e. The van der Waals surface area contributed by atoms with Gasteiger partial charge in [0.15, 0.2) is 16.6 Å². The fraction of sp³-hybridized carbons (Fsp3) is 1.00. The van der Waals surface area contributed by atoms with Crippen LogP contribution in [-0.2, 0) is 12.3 Å². The number of hydrogen-bond acceptors (Lipinski definition) is 4. The predicted molar refractivity (Wildman–Crippen MR) is 140 cm³/mol. The summed E-state index contributed by atoms with van der Waals surface area (Å²) >= 11 is 0. The standard InChI is InChI=1S/C21H35F17O4Si4/c1-43(2,3)40-45(6,7)42-46(8,41-44(4,5)12-9-11-39)13-10-14(22,23)15(24,25)16(26,27)17(28,29)18(30,31)19(32,33)20(34,35)21(36,37)38/h39H,9-13H2,1-8H3. The SMILES string of the molecule is C[Si](C)(C)O[Si](C)(C)O[Si](C)(CCC(F)(F)C(F)(F)C(F)(F)C(F)(F)C(F)(F)C(F)(F)C(F)(F)C(F)(F)F)O[Si](C)(C)CCCO. The molecule has 0 aromatic carbocycles. The van der Waals surface area contributed by atoms with Crippen LogP contribution in [0.2, 0.25) is 64.5 Å². The van der Waals surface area contributed by atoms with E-state index in [2.05, 4.69) is 0 Å². The van der Waals surface area contributed by atoms with Gasteiger partial charge in [0.05, 0.1) is 0 Å². The second kappa shape index (κ2) is 13.3. The maximum atomic E-state index is 14.8. The zero-order chi connectivity index (χ0) is 37.7. The number of hydrogen-bond donors (Lipinski definition) is 1. The van der Waals surface area contributed by atoms with Gasteiger partial charge in [-0.15, -0.1) is 0 Å². The lowest BCUT2D eigenvalue weighted by Crippen LogP contribution is -2.74. The maximum absolute atomic E-state index is 14.8. The van der Waals surface area contributed by atoms with Gasteiger partial charge in [-0.3, -0.25) is 0 Å². The maximum Gasteiger partial charge on any atom is 0.460 e. The van der Waals surface area contributed by atoms with Crippen LogP contribution in [0.5, 0.6) is 0 Å². The van der Waals surface area contributed by atoms with E-state index in [0.717, 1.165) is 6.55 Å². The Bertz CT molecular complexity index is 1030. The first-order chi connectivity index (χ1) is 19.6. The molecule has 0 aromatic rings. The van der Waals surface area contributed by atoms with Crippen LogP contribution in [0.25, 0.3) is 0 Å². The summed E-state index contributed by atoms with van der Waals surface area (Å²) in [4.78, 5) is 0. The lowest BCUT2D eigenvalue weighted by Gasteiger charge is -2.44. The Morgan fingerprint density at radius 1 is 0.478 bits per heavy atom. The zero-order valence-electron chi connectivity index (χ0n) is 25.6.